The van der Waals surface area contributed by atoms with E-state index in [9.17, 15) is 4.79 Å². The molecule has 0 aliphatic rings. The topological polar surface area (TPSA) is 29.1 Å². The highest BCUT2D eigenvalue weighted by Crippen LogP contribution is 1.90. The average molecular weight is 174 g/mol. The van der Waals surface area contributed by atoms with E-state index >= 15 is 0 Å². The molecule has 3 heteroatoms. The zero-order chi connectivity index (χ0) is 8.69. The van der Waals surface area contributed by atoms with E-state index in [-0.39, 0.29) is 11.9 Å². The second-order valence-electron chi connectivity index (χ2n) is 2.32. The van der Waals surface area contributed by atoms with Gasteiger partial charge in [0.25, 0.3) is 0 Å². The first-order valence-corrected chi connectivity index (χ1v) is 4.03. The first kappa shape index (κ1) is 10.3. The van der Waals surface area contributed by atoms with Crippen LogP contribution in [0.25, 0.3) is 0 Å². The van der Waals surface area contributed by atoms with Crippen molar-refractivity contribution in [3.63, 3.8) is 0 Å². The van der Waals surface area contributed by atoms with E-state index in [0.29, 0.717) is 18.7 Å². The number of rotatable bonds is 4. The third kappa shape index (κ3) is 5.75. The number of terminal acetylenes is 1. The van der Waals surface area contributed by atoms with Crippen LogP contribution >= 0.6 is 11.6 Å². The summed E-state index contributed by atoms with van der Waals surface area (Å²) in [5.41, 5.74) is 0. The molecule has 0 aliphatic heterocycles. The van der Waals surface area contributed by atoms with Crippen LogP contribution in [-0.2, 0) is 4.79 Å². The average Bonchev–Trinajstić information content (AvgIpc) is 1.87. The van der Waals surface area contributed by atoms with Crippen molar-refractivity contribution in [2.24, 2.45) is 0 Å². The third-order valence-corrected chi connectivity index (χ3v) is 1.34. The zero-order valence-electron chi connectivity index (χ0n) is 6.56. The molecule has 1 unspecified atom stereocenters. The number of halogens is 1. The molecular weight excluding hydrogens is 162 g/mol. The Hall–Kier alpha value is -0.680. The number of carbonyl (C=O) groups is 1. The molecular formula is C8H12ClNO. The first-order valence-electron chi connectivity index (χ1n) is 3.49. The number of alkyl halides is 1. The standard InChI is InChI=1S/C8H12ClNO/c1-3-4-7(2)10-8(11)5-6-9/h1,7H,4-6H2,2H3,(H,10,11). The molecule has 0 heterocycles. The molecule has 0 saturated carbocycles. The van der Waals surface area contributed by atoms with Gasteiger partial charge in [0, 0.05) is 24.8 Å². The van der Waals surface area contributed by atoms with Crippen LogP contribution in [0, 0.1) is 12.3 Å². The molecule has 0 aromatic carbocycles. The summed E-state index contributed by atoms with van der Waals surface area (Å²) in [5.74, 6) is 2.78. The molecule has 0 spiro atoms. The van der Waals surface area contributed by atoms with E-state index in [1.165, 1.54) is 0 Å². The van der Waals surface area contributed by atoms with Crippen LogP contribution in [0.2, 0.25) is 0 Å². The molecule has 1 N–H and O–H groups in total. The Morgan fingerprint density at radius 1 is 1.82 bits per heavy atom. The Balaban J connectivity index is 3.50. The summed E-state index contributed by atoms with van der Waals surface area (Å²) in [6, 6.07) is 0.0516. The smallest absolute Gasteiger partial charge is 0.221 e. The predicted molar refractivity (Wildman–Crippen MR) is 46.4 cm³/mol. The fourth-order valence-corrected chi connectivity index (χ4v) is 0.832. The Morgan fingerprint density at radius 2 is 2.45 bits per heavy atom. The van der Waals surface area contributed by atoms with Gasteiger partial charge in [-0.05, 0) is 6.92 Å². The highest BCUT2D eigenvalue weighted by atomic mass is 35.5. The van der Waals surface area contributed by atoms with E-state index in [2.05, 4.69) is 11.2 Å². The summed E-state index contributed by atoms with van der Waals surface area (Å²) in [5, 5.41) is 2.72. The highest BCUT2D eigenvalue weighted by Gasteiger charge is 2.03. The van der Waals surface area contributed by atoms with Crippen molar-refractivity contribution in [1.82, 2.24) is 5.32 Å². The molecule has 62 valence electrons. The van der Waals surface area contributed by atoms with Gasteiger partial charge in [0.05, 0.1) is 0 Å². The van der Waals surface area contributed by atoms with Crippen LogP contribution in [0.5, 0.6) is 0 Å². The van der Waals surface area contributed by atoms with E-state index in [1.807, 2.05) is 6.92 Å². The van der Waals surface area contributed by atoms with Crippen molar-refractivity contribution in [3.8, 4) is 12.3 Å². The maximum Gasteiger partial charge on any atom is 0.221 e. The molecule has 0 fully saturated rings. The minimum absolute atomic E-state index is 0.0391. The molecule has 0 saturated heterocycles. The molecule has 0 aliphatic carbocycles. The lowest BCUT2D eigenvalue weighted by atomic mass is 10.2. The van der Waals surface area contributed by atoms with Crippen LogP contribution in [-0.4, -0.2) is 17.8 Å². The monoisotopic (exact) mass is 173 g/mol. The number of hydrogen-bond acceptors (Lipinski definition) is 1. The van der Waals surface area contributed by atoms with E-state index < -0.39 is 0 Å². The van der Waals surface area contributed by atoms with E-state index in [1.54, 1.807) is 0 Å². The SMILES string of the molecule is C#CCC(C)NC(=O)CCCl. The minimum atomic E-state index is -0.0391. The van der Waals surface area contributed by atoms with Crippen molar-refractivity contribution in [3.05, 3.63) is 0 Å². The van der Waals surface area contributed by atoms with E-state index in [4.69, 9.17) is 18.0 Å². The summed E-state index contributed by atoms with van der Waals surface area (Å²) < 4.78 is 0. The van der Waals surface area contributed by atoms with Crippen LogP contribution in [0.4, 0.5) is 0 Å². The van der Waals surface area contributed by atoms with Gasteiger partial charge in [-0.3, -0.25) is 4.79 Å². The summed E-state index contributed by atoms with van der Waals surface area (Å²) in [6.45, 7) is 1.87. The molecule has 0 radical (unpaired) electrons. The van der Waals surface area contributed by atoms with Crippen molar-refractivity contribution >= 4 is 17.5 Å². The number of carbonyl (C=O) groups excluding carboxylic acids is 1. The molecule has 0 aromatic heterocycles. The number of amides is 1. The normalized spacial score (nSPS) is 11.7. The number of hydrogen-bond donors (Lipinski definition) is 1. The quantitative estimate of drug-likeness (QED) is 0.502. The molecule has 2 nitrogen and oxygen atoms in total. The molecule has 0 rings (SSSR count). The van der Waals surface area contributed by atoms with Gasteiger partial charge in [-0.1, -0.05) is 0 Å². The summed E-state index contributed by atoms with van der Waals surface area (Å²) in [6.07, 6.45) is 5.97. The maximum atomic E-state index is 10.9. The van der Waals surface area contributed by atoms with Crippen LogP contribution in [0.15, 0.2) is 0 Å². The fourth-order valence-electron chi connectivity index (χ4n) is 0.661. The second-order valence-corrected chi connectivity index (χ2v) is 2.69. The van der Waals surface area contributed by atoms with Crippen molar-refractivity contribution in [2.75, 3.05) is 5.88 Å². The highest BCUT2D eigenvalue weighted by molar-refractivity contribution is 6.18. The van der Waals surface area contributed by atoms with Gasteiger partial charge in [-0.2, -0.15) is 0 Å². The molecule has 11 heavy (non-hydrogen) atoms. The largest absolute Gasteiger partial charge is 0.353 e. The van der Waals surface area contributed by atoms with Gasteiger partial charge >= 0.3 is 0 Å². The van der Waals surface area contributed by atoms with Crippen LogP contribution < -0.4 is 5.32 Å². The lowest BCUT2D eigenvalue weighted by molar-refractivity contribution is -0.121. The fraction of sp³-hybridized carbons (Fsp3) is 0.625. The van der Waals surface area contributed by atoms with Gasteiger partial charge in [-0.25, -0.2) is 0 Å². The Bertz CT molecular complexity index is 162. The minimum Gasteiger partial charge on any atom is -0.353 e. The van der Waals surface area contributed by atoms with Gasteiger partial charge in [0.1, 0.15) is 0 Å². The summed E-state index contributed by atoms with van der Waals surface area (Å²) in [4.78, 5) is 10.9. The van der Waals surface area contributed by atoms with Gasteiger partial charge < -0.3 is 5.32 Å². The van der Waals surface area contributed by atoms with Crippen molar-refractivity contribution in [2.45, 2.75) is 25.8 Å². The van der Waals surface area contributed by atoms with Gasteiger partial charge in [0.15, 0.2) is 0 Å². The van der Waals surface area contributed by atoms with Gasteiger partial charge in [-0.15, -0.1) is 23.9 Å². The predicted octanol–water partition coefficient (Wildman–Crippen LogP) is 1.14. The lowest BCUT2D eigenvalue weighted by Gasteiger charge is -2.09. The summed E-state index contributed by atoms with van der Waals surface area (Å²) >= 11 is 5.36. The van der Waals surface area contributed by atoms with Gasteiger partial charge in [0.2, 0.25) is 5.91 Å². The molecule has 0 aromatic rings. The Morgan fingerprint density at radius 3 is 2.91 bits per heavy atom. The zero-order valence-corrected chi connectivity index (χ0v) is 7.32. The van der Waals surface area contributed by atoms with Crippen LogP contribution in [0.1, 0.15) is 19.8 Å². The van der Waals surface area contributed by atoms with Crippen molar-refractivity contribution in [1.29, 1.82) is 0 Å². The lowest BCUT2D eigenvalue weighted by Crippen LogP contribution is -2.32. The van der Waals surface area contributed by atoms with E-state index in [0.717, 1.165) is 0 Å². The summed E-state index contributed by atoms with van der Waals surface area (Å²) in [7, 11) is 0. The molecule has 1 amide bonds. The third-order valence-electron chi connectivity index (χ3n) is 1.15. The second kappa shape index (κ2) is 6.06. The first-order chi connectivity index (χ1) is 5.20. The molecule has 1 atom stereocenters. The Kier molecular flexibility index (Phi) is 5.68. The number of nitrogens with one attached hydrogen (secondary N) is 1. The Labute approximate surface area is 72.3 Å². The van der Waals surface area contributed by atoms with Crippen LogP contribution in [0.3, 0.4) is 0 Å². The van der Waals surface area contributed by atoms with Crippen molar-refractivity contribution < 1.29 is 4.79 Å². The molecule has 0 bridgehead atoms. The maximum absolute atomic E-state index is 10.9.